The Balaban J connectivity index is 3.68. The van der Waals surface area contributed by atoms with Gasteiger partial charge in [-0.05, 0) is 13.0 Å². The fourth-order valence-corrected chi connectivity index (χ4v) is 1.43. The van der Waals surface area contributed by atoms with E-state index in [4.69, 9.17) is 10.9 Å². The molecule has 0 heterocycles. The quantitative estimate of drug-likeness (QED) is 0.284. The Morgan fingerprint density at radius 1 is 1.43 bits per heavy atom. The molecule has 4 heteroatoms. The molecule has 0 spiro atoms. The minimum Gasteiger partial charge on any atom is -0.409 e. The Morgan fingerprint density at radius 3 is 2.43 bits per heavy atom. The zero-order valence-corrected chi connectivity index (χ0v) is 9.53. The molecule has 0 aliphatic heterocycles. The second-order valence-electron chi connectivity index (χ2n) is 3.79. The van der Waals surface area contributed by atoms with Crippen LogP contribution < -0.4 is 5.73 Å². The Kier molecular flexibility index (Phi) is 7.20. The topological polar surface area (TPSA) is 61.8 Å². The van der Waals surface area contributed by atoms with Crippen LogP contribution in [0.4, 0.5) is 0 Å². The van der Waals surface area contributed by atoms with Gasteiger partial charge in [0.15, 0.2) is 0 Å². The monoisotopic (exact) mass is 201 g/mol. The normalized spacial score (nSPS) is 12.8. The van der Waals surface area contributed by atoms with Crippen molar-refractivity contribution in [3.05, 3.63) is 0 Å². The summed E-state index contributed by atoms with van der Waals surface area (Å²) < 4.78 is 0. The summed E-state index contributed by atoms with van der Waals surface area (Å²) in [5, 5.41) is 11.3. The van der Waals surface area contributed by atoms with Crippen LogP contribution in [0.2, 0.25) is 0 Å². The molecule has 0 unspecified atom stereocenters. The van der Waals surface area contributed by atoms with Gasteiger partial charge in [-0.2, -0.15) is 0 Å². The van der Waals surface area contributed by atoms with Crippen molar-refractivity contribution < 1.29 is 5.21 Å². The third-order valence-electron chi connectivity index (χ3n) is 2.60. The first-order valence-corrected chi connectivity index (χ1v) is 5.28. The van der Waals surface area contributed by atoms with Gasteiger partial charge in [-0.1, -0.05) is 31.8 Å². The molecule has 0 aromatic rings. The smallest absolute Gasteiger partial charge is 0.140 e. The highest BCUT2D eigenvalue weighted by molar-refractivity contribution is 5.79. The molecular weight excluding hydrogens is 178 g/mol. The van der Waals surface area contributed by atoms with Crippen LogP contribution in [0.1, 0.15) is 33.1 Å². The highest BCUT2D eigenvalue weighted by Crippen LogP contribution is 2.08. The first-order valence-electron chi connectivity index (χ1n) is 5.28. The molecule has 0 saturated heterocycles. The van der Waals surface area contributed by atoms with Gasteiger partial charge in [-0.25, -0.2) is 0 Å². The van der Waals surface area contributed by atoms with Crippen molar-refractivity contribution in [3.8, 4) is 0 Å². The summed E-state index contributed by atoms with van der Waals surface area (Å²) in [6, 6.07) is 0. The number of nitrogens with two attached hydrogens (primary N) is 1. The van der Waals surface area contributed by atoms with Crippen molar-refractivity contribution in [1.82, 2.24) is 4.90 Å². The highest BCUT2D eigenvalue weighted by atomic mass is 16.4. The highest BCUT2D eigenvalue weighted by Gasteiger charge is 2.07. The van der Waals surface area contributed by atoms with Crippen LogP contribution in [0.3, 0.4) is 0 Å². The van der Waals surface area contributed by atoms with E-state index in [2.05, 4.69) is 31.0 Å². The van der Waals surface area contributed by atoms with E-state index in [0.29, 0.717) is 12.3 Å². The van der Waals surface area contributed by atoms with Crippen molar-refractivity contribution in [2.75, 3.05) is 20.1 Å². The molecule has 0 amide bonds. The molecule has 0 aromatic heterocycles. The average molecular weight is 201 g/mol. The Bertz CT molecular complexity index is 167. The fraction of sp³-hybridized carbons (Fsp3) is 0.900. The van der Waals surface area contributed by atoms with Crippen LogP contribution in [-0.2, 0) is 0 Å². The lowest BCUT2D eigenvalue weighted by molar-refractivity contribution is 0.270. The molecule has 4 nitrogen and oxygen atoms in total. The molecule has 0 rings (SSSR count). The summed E-state index contributed by atoms with van der Waals surface area (Å²) in [4.78, 5) is 2.23. The first-order chi connectivity index (χ1) is 6.63. The fourth-order valence-electron chi connectivity index (χ4n) is 1.43. The lowest BCUT2D eigenvalue weighted by atomic mass is 10.0. The SMILES string of the molecule is CCC(CC)CN(C)CCC(N)=NO. The maximum absolute atomic E-state index is 8.37. The Morgan fingerprint density at radius 2 is 2.00 bits per heavy atom. The molecule has 0 aromatic carbocycles. The number of hydrogen-bond acceptors (Lipinski definition) is 3. The molecule has 84 valence electrons. The Labute approximate surface area is 86.8 Å². The second kappa shape index (κ2) is 7.62. The van der Waals surface area contributed by atoms with Crippen molar-refractivity contribution in [3.63, 3.8) is 0 Å². The largest absolute Gasteiger partial charge is 0.409 e. The number of rotatable bonds is 7. The van der Waals surface area contributed by atoms with Crippen LogP contribution in [-0.4, -0.2) is 36.1 Å². The van der Waals surface area contributed by atoms with E-state index >= 15 is 0 Å². The molecule has 3 N–H and O–H groups in total. The molecule has 0 aliphatic rings. The standard InChI is InChI=1S/C10H23N3O/c1-4-9(5-2)8-13(3)7-6-10(11)12-14/h9,14H,4-8H2,1-3H3,(H2,11,12). The van der Waals surface area contributed by atoms with Crippen molar-refractivity contribution >= 4 is 5.84 Å². The number of hydrogen-bond donors (Lipinski definition) is 2. The molecular formula is C10H23N3O. The van der Waals surface area contributed by atoms with Crippen LogP contribution >= 0.6 is 0 Å². The zero-order chi connectivity index (χ0) is 11.0. The molecule has 0 bridgehead atoms. The van der Waals surface area contributed by atoms with E-state index in [1.54, 1.807) is 0 Å². The van der Waals surface area contributed by atoms with E-state index in [-0.39, 0.29) is 0 Å². The van der Waals surface area contributed by atoms with Crippen LogP contribution in [0.15, 0.2) is 5.16 Å². The van der Waals surface area contributed by atoms with E-state index in [9.17, 15) is 0 Å². The van der Waals surface area contributed by atoms with Crippen molar-refractivity contribution in [2.45, 2.75) is 33.1 Å². The average Bonchev–Trinajstić information content (AvgIpc) is 2.22. The molecule has 0 saturated carbocycles. The van der Waals surface area contributed by atoms with Gasteiger partial charge >= 0.3 is 0 Å². The Hall–Kier alpha value is -0.770. The van der Waals surface area contributed by atoms with Gasteiger partial charge in [0, 0.05) is 19.5 Å². The van der Waals surface area contributed by atoms with E-state index in [1.165, 1.54) is 12.8 Å². The minimum absolute atomic E-state index is 0.307. The summed E-state index contributed by atoms with van der Waals surface area (Å²) in [5.41, 5.74) is 5.39. The van der Waals surface area contributed by atoms with E-state index in [1.807, 2.05) is 0 Å². The van der Waals surface area contributed by atoms with Gasteiger partial charge in [-0.3, -0.25) is 0 Å². The van der Waals surface area contributed by atoms with Crippen LogP contribution in [0, 0.1) is 5.92 Å². The van der Waals surface area contributed by atoms with E-state index in [0.717, 1.165) is 19.0 Å². The number of nitrogens with zero attached hydrogens (tertiary/aromatic N) is 2. The lowest BCUT2D eigenvalue weighted by Crippen LogP contribution is -2.29. The first kappa shape index (κ1) is 13.2. The lowest BCUT2D eigenvalue weighted by Gasteiger charge is -2.21. The summed E-state index contributed by atoms with van der Waals surface area (Å²) in [5.74, 6) is 1.06. The van der Waals surface area contributed by atoms with Crippen molar-refractivity contribution in [1.29, 1.82) is 0 Å². The van der Waals surface area contributed by atoms with Gasteiger partial charge in [0.05, 0.1) is 0 Å². The summed E-state index contributed by atoms with van der Waals surface area (Å²) in [6.45, 7) is 6.37. The van der Waals surface area contributed by atoms with Gasteiger partial charge in [0.1, 0.15) is 5.84 Å². The summed E-state index contributed by atoms with van der Waals surface area (Å²) in [7, 11) is 2.07. The van der Waals surface area contributed by atoms with Crippen molar-refractivity contribution in [2.24, 2.45) is 16.8 Å². The third kappa shape index (κ3) is 5.80. The summed E-state index contributed by atoms with van der Waals surface area (Å²) in [6.07, 6.45) is 3.06. The molecule has 0 fully saturated rings. The maximum Gasteiger partial charge on any atom is 0.140 e. The van der Waals surface area contributed by atoms with E-state index < -0.39 is 0 Å². The number of oxime groups is 1. The summed E-state index contributed by atoms with van der Waals surface area (Å²) >= 11 is 0. The molecule has 0 radical (unpaired) electrons. The van der Waals surface area contributed by atoms with Gasteiger partial charge < -0.3 is 15.8 Å². The van der Waals surface area contributed by atoms with Gasteiger partial charge in [0.2, 0.25) is 0 Å². The molecule has 0 aliphatic carbocycles. The second-order valence-corrected chi connectivity index (χ2v) is 3.79. The molecule has 0 atom stereocenters. The number of amidine groups is 1. The van der Waals surface area contributed by atoms with Gasteiger partial charge in [0.25, 0.3) is 0 Å². The predicted molar refractivity (Wildman–Crippen MR) is 59.6 cm³/mol. The third-order valence-corrected chi connectivity index (χ3v) is 2.60. The van der Waals surface area contributed by atoms with Crippen LogP contribution in [0.5, 0.6) is 0 Å². The molecule has 14 heavy (non-hydrogen) atoms. The minimum atomic E-state index is 0.307. The predicted octanol–water partition coefficient (Wildman–Crippen LogP) is 1.49. The van der Waals surface area contributed by atoms with Gasteiger partial charge in [-0.15, -0.1) is 0 Å². The maximum atomic E-state index is 8.37. The zero-order valence-electron chi connectivity index (χ0n) is 9.53. The van der Waals surface area contributed by atoms with Crippen LogP contribution in [0.25, 0.3) is 0 Å².